The number of carbonyl (C=O) groups excluding carboxylic acids is 1. The second kappa shape index (κ2) is 10.6. The fourth-order valence-corrected chi connectivity index (χ4v) is 4.13. The molecule has 0 saturated heterocycles. The summed E-state index contributed by atoms with van der Waals surface area (Å²) in [5.74, 6) is -2.67. The molecule has 3 aromatic heterocycles. The highest BCUT2D eigenvalue weighted by Gasteiger charge is 2.38. The van der Waals surface area contributed by atoms with Gasteiger partial charge in [0.15, 0.2) is 0 Å². The van der Waals surface area contributed by atoms with E-state index in [9.17, 15) is 18.0 Å². The van der Waals surface area contributed by atoms with Crippen LogP contribution in [0.3, 0.4) is 0 Å². The van der Waals surface area contributed by atoms with Gasteiger partial charge in [-0.2, -0.15) is 13.2 Å². The monoisotopic (exact) mass is 481 g/mol. The normalized spacial score (nSPS) is 15.8. The molecule has 0 saturated carbocycles. The van der Waals surface area contributed by atoms with Gasteiger partial charge >= 0.3 is 12.1 Å². The number of alkyl halides is 3. The molecule has 0 fully saturated rings. The maximum Gasteiger partial charge on any atom is 0.490 e. The van der Waals surface area contributed by atoms with E-state index in [4.69, 9.17) is 14.6 Å². The van der Waals surface area contributed by atoms with Gasteiger partial charge in [0.25, 0.3) is 5.91 Å². The topological polar surface area (TPSA) is 84.7 Å². The van der Waals surface area contributed by atoms with E-state index in [1.165, 1.54) is 11.3 Å². The van der Waals surface area contributed by atoms with Crippen LogP contribution in [-0.2, 0) is 29.2 Å². The Balaban J connectivity index is 0.000000383. The van der Waals surface area contributed by atoms with Gasteiger partial charge in [-0.25, -0.2) is 4.79 Å². The van der Waals surface area contributed by atoms with E-state index in [2.05, 4.69) is 21.8 Å². The lowest BCUT2D eigenvalue weighted by Crippen LogP contribution is -2.37. The van der Waals surface area contributed by atoms with Crippen LogP contribution in [0.2, 0.25) is 0 Å². The number of carboxylic acid groups (broad SMARTS) is 1. The molecule has 1 aliphatic rings. The number of rotatable bonds is 4. The third-order valence-corrected chi connectivity index (χ3v) is 5.93. The molecule has 0 spiro atoms. The number of carbonyl (C=O) groups is 2. The number of hydrogen-bond acceptors (Lipinski definition) is 5. The lowest BCUT2D eigenvalue weighted by atomic mass is 10.2. The molecule has 11 heteroatoms. The number of aryl methyl sites for hydroxylation is 1. The SMILES string of the molecule is Cc1ccsc1C(=O)N1Cc2cccn2CC(OCc2ccncc2)C1.O=C(O)C(F)(F)F. The van der Waals surface area contributed by atoms with Crippen molar-refractivity contribution in [3.05, 3.63) is 76.0 Å². The average Bonchev–Trinajstić information content (AvgIpc) is 3.36. The largest absolute Gasteiger partial charge is 0.490 e. The van der Waals surface area contributed by atoms with Crippen LogP contribution in [0.5, 0.6) is 0 Å². The highest BCUT2D eigenvalue weighted by molar-refractivity contribution is 7.12. The van der Waals surface area contributed by atoms with E-state index in [1.807, 2.05) is 41.5 Å². The van der Waals surface area contributed by atoms with E-state index >= 15 is 0 Å². The van der Waals surface area contributed by atoms with Crippen LogP contribution < -0.4 is 0 Å². The van der Waals surface area contributed by atoms with Crippen molar-refractivity contribution in [1.82, 2.24) is 14.5 Å². The third kappa shape index (κ3) is 6.65. The Labute approximate surface area is 192 Å². The van der Waals surface area contributed by atoms with Gasteiger partial charge in [-0.15, -0.1) is 11.3 Å². The smallest absolute Gasteiger partial charge is 0.475 e. The van der Waals surface area contributed by atoms with Gasteiger partial charge in [0.1, 0.15) is 0 Å². The Morgan fingerprint density at radius 2 is 1.91 bits per heavy atom. The molecule has 0 radical (unpaired) electrons. The van der Waals surface area contributed by atoms with Gasteiger partial charge in [-0.05, 0) is 53.8 Å². The van der Waals surface area contributed by atoms with Crippen LogP contribution in [0, 0.1) is 6.92 Å². The molecule has 4 heterocycles. The number of aromatic nitrogens is 2. The molecule has 176 valence electrons. The van der Waals surface area contributed by atoms with Gasteiger partial charge in [0.05, 0.1) is 30.7 Å². The predicted octanol–water partition coefficient (Wildman–Crippen LogP) is 4.13. The number of hydrogen-bond donors (Lipinski definition) is 1. The zero-order valence-electron chi connectivity index (χ0n) is 17.7. The number of ether oxygens (including phenoxy) is 1. The lowest BCUT2D eigenvalue weighted by molar-refractivity contribution is -0.192. The van der Waals surface area contributed by atoms with Crippen molar-refractivity contribution in [3.8, 4) is 0 Å². The van der Waals surface area contributed by atoms with Gasteiger partial charge < -0.3 is 19.3 Å². The molecule has 0 aromatic carbocycles. The molecule has 1 atom stereocenters. The van der Waals surface area contributed by atoms with Crippen molar-refractivity contribution in [1.29, 1.82) is 0 Å². The molecule has 1 unspecified atom stereocenters. The summed E-state index contributed by atoms with van der Waals surface area (Å²) in [7, 11) is 0. The average molecular weight is 481 g/mol. The minimum atomic E-state index is -5.08. The summed E-state index contributed by atoms with van der Waals surface area (Å²) >= 11 is 1.51. The van der Waals surface area contributed by atoms with Crippen LogP contribution in [0.1, 0.15) is 26.5 Å². The van der Waals surface area contributed by atoms with Crippen molar-refractivity contribution in [2.45, 2.75) is 38.9 Å². The molecule has 3 aromatic rings. The number of fused-ring (bicyclic) bond motifs is 1. The van der Waals surface area contributed by atoms with E-state index in [0.29, 0.717) is 19.7 Å². The van der Waals surface area contributed by atoms with Crippen molar-refractivity contribution in [3.63, 3.8) is 0 Å². The summed E-state index contributed by atoms with van der Waals surface area (Å²) in [6.07, 6.45) is 0.458. The summed E-state index contributed by atoms with van der Waals surface area (Å²) in [4.78, 5) is 28.7. The molecule has 0 aliphatic carbocycles. The maximum atomic E-state index is 13.0. The molecule has 1 aliphatic heterocycles. The second-order valence-corrected chi connectivity index (χ2v) is 8.28. The van der Waals surface area contributed by atoms with Gasteiger partial charge in [-0.3, -0.25) is 9.78 Å². The highest BCUT2D eigenvalue weighted by Crippen LogP contribution is 2.22. The summed E-state index contributed by atoms with van der Waals surface area (Å²) in [5.41, 5.74) is 3.26. The molecule has 1 N–H and O–H groups in total. The van der Waals surface area contributed by atoms with E-state index in [-0.39, 0.29) is 12.0 Å². The number of halogens is 3. The minimum absolute atomic E-state index is 0.0546. The first-order valence-electron chi connectivity index (χ1n) is 9.93. The Kier molecular flexibility index (Phi) is 7.88. The zero-order chi connectivity index (χ0) is 24.0. The lowest BCUT2D eigenvalue weighted by Gasteiger charge is -2.24. The summed E-state index contributed by atoms with van der Waals surface area (Å²) in [5, 5.41) is 9.10. The molecule has 0 bridgehead atoms. The predicted molar refractivity (Wildman–Crippen MR) is 115 cm³/mol. The minimum Gasteiger partial charge on any atom is -0.475 e. The molecule has 1 amide bonds. The maximum absolute atomic E-state index is 13.0. The number of thiophene rings is 1. The number of pyridine rings is 1. The van der Waals surface area contributed by atoms with Gasteiger partial charge in [-0.1, -0.05) is 0 Å². The van der Waals surface area contributed by atoms with Gasteiger partial charge in [0, 0.05) is 30.8 Å². The number of nitrogens with zero attached hydrogens (tertiary/aromatic N) is 3. The first-order valence-corrected chi connectivity index (χ1v) is 10.8. The van der Waals surface area contributed by atoms with Crippen molar-refractivity contribution in [2.24, 2.45) is 0 Å². The Bertz CT molecular complexity index is 1080. The van der Waals surface area contributed by atoms with E-state index in [1.54, 1.807) is 12.4 Å². The number of aliphatic carboxylic acids is 1. The van der Waals surface area contributed by atoms with Crippen LogP contribution in [0.4, 0.5) is 13.2 Å². The molecule has 33 heavy (non-hydrogen) atoms. The standard InChI is InChI=1S/C20H21N3O2S.C2HF3O2/c1-15-6-10-26-19(15)20(24)23-11-17-3-2-9-22(17)12-18(13-23)25-14-16-4-7-21-8-5-16;3-2(4,5)1(6)7/h2-10,18H,11-14H2,1H3;(H,6,7). The Morgan fingerprint density at radius 3 is 2.52 bits per heavy atom. The fraction of sp³-hybridized carbons (Fsp3) is 0.318. The second-order valence-electron chi connectivity index (χ2n) is 7.36. The van der Waals surface area contributed by atoms with E-state index < -0.39 is 12.1 Å². The quantitative estimate of drug-likeness (QED) is 0.606. The van der Waals surface area contributed by atoms with Crippen LogP contribution >= 0.6 is 11.3 Å². The van der Waals surface area contributed by atoms with E-state index in [0.717, 1.165) is 28.2 Å². The third-order valence-electron chi connectivity index (χ3n) is 4.92. The first-order chi connectivity index (χ1) is 15.6. The first kappa shape index (κ1) is 24.5. The summed E-state index contributed by atoms with van der Waals surface area (Å²) in [6.45, 7) is 4.45. The van der Waals surface area contributed by atoms with Crippen LogP contribution in [0.25, 0.3) is 0 Å². The number of carboxylic acids is 1. The Hall–Kier alpha value is -3.18. The Morgan fingerprint density at radius 1 is 1.21 bits per heavy atom. The molecular weight excluding hydrogens is 459 g/mol. The van der Waals surface area contributed by atoms with Gasteiger partial charge in [0.2, 0.25) is 0 Å². The number of amides is 1. The summed E-state index contributed by atoms with van der Waals surface area (Å²) < 4.78 is 40.1. The van der Waals surface area contributed by atoms with Crippen molar-refractivity contribution >= 4 is 23.2 Å². The highest BCUT2D eigenvalue weighted by atomic mass is 32.1. The van der Waals surface area contributed by atoms with Crippen LogP contribution in [-0.4, -0.2) is 50.3 Å². The summed E-state index contributed by atoms with van der Waals surface area (Å²) in [6, 6.07) is 10.0. The van der Waals surface area contributed by atoms with Crippen molar-refractivity contribution < 1.29 is 32.6 Å². The zero-order valence-corrected chi connectivity index (χ0v) is 18.5. The molecular formula is C22H22F3N3O4S. The van der Waals surface area contributed by atoms with Crippen molar-refractivity contribution in [2.75, 3.05) is 6.54 Å². The van der Waals surface area contributed by atoms with Crippen LogP contribution in [0.15, 0.2) is 54.3 Å². The molecule has 4 rings (SSSR count). The fourth-order valence-electron chi connectivity index (χ4n) is 3.24. The molecule has 7 nitrogen and oxygen atoms in total.